The van der Waals surface area contributed by atoms with Gasteiger partial charge in [0.05, 0.1) is 12.3 Å². The van der Waals surface area contributed by atoms with Gasteiger partial charge in [-0.15, -0.1) is 11.8 Å². The second-order valence-electron chi connectivity index (χ2n) is 8.58. The van der Waals surface area contributed by atoms with E-state index < -0.39 is 0 Å². The number of fused-ring (bicyclic) bond motifs is 2. The van der Waals surface area contributed by atoms with Crippen molar-refractivity contribution in [3.05, 3.63) is 50.7 Å². The van der Waals surface area contributed by atoms with Crippen molar-refractivity contribution in [1.29, 1.82) is 0 Å². The van der Waals surface area contributed by atoms with Crippen molar-refractivity contribution in [2.24, 2.45) is 17.8 Å². The summed E-state index contributed by atoms with van der Waals surface area (Å²) >= 11 is 1.75. The van der Waals surface area contributed by atoms with Gasteiger partial charge in [0.15, 0.2) is 11.2 Å². The number of piperidine rings is 1. The summed E-state index contributed by atoms with van der Waals surface area (Å²) in [7, 11) is 1.68. The Morgan fingerprint density at radius 3 is 2.82 bits per heavy atom. The Balaban J connectivity index is 1.65. The van der Waals surface area contributed by atoms with Gasteiger partial charge in [-0.3, -0.25) is 18.9 Å². The van der Waals surface area contributed by atoms with Crippen LogP contribution in [0.4, 0.5) is 5.95 Å². The molecule has 10 heteroatoms. The summed E-state index contributed by atoms with van der Waals surface area (Å²) in [6, 6.07) is 8.11. The molecule has 33 heavy (non-hydrogen) atoms. The van der Waals surface area contributed by atoms with Crippen LogP contribution in [0.3, 0.4) is 0 Å². The summed E-state index contributed by atoms with van der Waals surface area (Å²) in [5.41, 5.74) is 8.10. The lowest BCUT2D eigenvalue weighted by atomic mass is 10.1. The number of hydrogen-bond donors (Lipinski definition) is 1. The zero-order chi connectivity index (χ0) is 23.1. The molecule has 9 nitrogen and oxygen atoms in total. The SMILES string of the molecule is CCn1c(N2CCCC(N)C2)nc2c1c(=O)n(CC1=NCCSc3ccccc31)c(=O)n2C. The summed E-state index contributed by atoms with van der Waals surface area (Å²) in [5.74, 6) is 1.58. The second-order valence-corrected chi connectivity index (χ2v) is 9.72. The molecule has 174 valence electrons. The van der Waals surface area contributed by atoms with Gasteiger partial charge in [0.1, 0.15) is 0 Å². The van der Waals surface area contributed by atoms with Crippen LogP contribution in [0.5, 0.6) is 0 Å². The molecule has 2 aromatic heterocycles. The molecule has 4 heterocycles. The minimum Gasteiger partial charge on any atom is -0.341 e. The Labute approximate surface area is 195 Å². The standard InChI is InChI=1S/C23H29N7O2S/c1-3-29-19-20(26-22(29)28-11-6-7-15(24)13-28)27(2)23(32)30(21(19)31)14-17-16-8-4-5-9-18(16)33-12-10-25-17/h4-5,8-9,15H,3,6-7,10-14,24H2,1-2H3. The van der Waals surface area contributed by atoms with E-state index in [1.165, 1.54) is 9.13 Å². The van der Waals surface area contributed by atoms with E-state index in [9.17, 15) is 9.59 Å². The Bertz CT molecular complexity index is 1350. The van der Waals surface area contributed by atoms with Crippen LogP contribution in [-0.4, -0.2) is 55.8 Å². The molecule has 0 bridgehead atoms. The maximum atomic E-state index is 13.7. The Hall–Kier alpha value is -2.85. The highest BCUT2D eigenvalue weighted by Gasteiger charge is 2.26. The number of anilines is 1. The molecule has 2 aliphatic rings. The van der Waals surface area contributed by atoms with Crippen LogP contribution in [0.1, 0.15) is 25.3 Å². The number of rotatable bonds is 4. The van der Waals surface area contributed by atoms with Gasteiger partial charge in [0.25, 0.3) is 5.56 Å². The average Bonchev–Trinajstić information content (AvgIpc) is 3.10. The third kappa shape index (κ3) is 3.80. The van der Waals surface area contributed by atoms with E-state index in [1.54, 1.807) is 18.8 Å². The maximum absolute atomic E-state index is 13.7. The number of nitrogens with zero attached hydrogens (tertiary/aromatic N) is 6. The first-order chi connectivity index (χ1) is 16.0. The number of hydrogen-bond acceptors (Lipinski definition) is 7. The van der Waals surface area contributed by atoms with E-state index >= 15 is 0 Å². The molecule has 1 saturated heterocycles. The normalized spacial score (nSPS) is 18.8. The Morgan fingerprint density at radius 1 is 1.21 bits per heavy atom. The quantitative estimate of drug-likeness (QED) is 0.623. The molecule has 0 amide bonds. The first kappa shape index (κ1) is 22.0. The van der Waals surface area contributed by atoms with Gasteiger partial charge in [-0.05, 0) is 25.8 Å². The van der Waals surface area contributed by atoms with Crippen LogP contribution >= 0.6 is 11.8 Å². The van der Waals surface area contributed by atoms with Crippen molar-refractivity contribution in [2.45, 2.75) is 43.8 Å². The van der Waals surface area contributed by atoms with Crippen molar-refractivity contribution in [2.75, 3.05) is 30.3 Å². The van der Waals surface area contributed by atoms with Gasteiger partial charge >= 0.3 is 5.69 Å². The fourth-order valence-electron chi connectivity index (χ4n) is 4.77. The summed E-state index contributed by atoms with van der Waals surface area (Å²) in [6.07, 6.45) is 1.96. The molecule has 2 aliphatic heterocycles. The average molecular weight is 468 g/mol. The minimum absolute atomic E-state index is 0.0792. The van der Waals surface area contributed by atoms with Crippen LogP contribution in [-0.2, 0) is 20.1 Å². The molecule has 0 spiro atoms. The highest BCUT2D eigenvalue weighted by molar-refractivity contribution is 7.99. The zero-order valence-electron chi connectivity index (χ0n) is 19.0. The first-order valence-electron chi connectivity index (χ1n) is 11.5. The van der Waals surface area contributed by atoms with Crippen LogP contribution in [0.2, 0.25) is 0 Å². The van der Waals surface area contributed by atoms with Crippen molar-refractivity contribution >= 4 is 34.6 Å². The van der Waals surface area contributed by atoms with E-state index in [4.69, 9.17) is 15.7 Å². The van der Waals surface area contributed by atoms with E-state index in [2.05, 4.69) is 11.0 Å². The molecular formula is C23H29N7O2S. The summed E-state index contributed by atoms with van der Waals surface area (Å²) in [6.45, 7) is 4.88. The van der Waals surface area contributed by atoms with Gasteiger partial charge in [0, 0.05) is 55.5 Å². The predicted molar refractivity (Wildman–Crippen MR) is 133 cm³/mol. The van der Waals surface area contributed by atoms with Crippen LogP contribution < -0.4 is 21.9 Å². The number of aryl methyl sites for hydroxylation is 2. The number of benzene rings is 1. The van der Waals surface area contributed by atoms with E-state index in [1.807, 2.05) is 29.7 Å². The number of aliphatic imine (C=N–C) groups is 1. The number of thioether (sulfide) groups is 1. The first-order valence-corrected chi connectivity index (χ1v) is 12.4. The zero-order valence-corrected chi connectivity index (χ0v) is 19.8. The molecular weight excluding hydrogens is 438 g/mol. The van der Waals surface area contributed by atoms with E-state index in [0.717, 1.165) is 41.3 Å². The van der Waals surface area contributed by atoms with Gasteiger partial charge in [0.2, 0.25) is 5.95 Å². The highest BCUT2D eigenvalue weighted by atomic mass is 32.2. The van der Waals surface area contributed by atoms with E-state index in [-0.39, 0.29) is 23.8 Å². The Kier molecular flexibility index (Phi) is 5.88. The Morgan fingerprint density at radius 2 is 2.03 bits per heavy atom. The molecule has 0 saturated carbocycles. The lowest BCUT2D eigenvalue weighted by Gasteiger charge is -2.31. The largest absolute Gasteiger partial charge is 0.341 e. The number of aromatic nitrogens is 4. The molecule has 2 N–H and O–H groups in total. The second kappa shape index (κ2) is 8.83. The topological polar surface area (TPSA) is 103 Å². The summed E-state index contributed by atoms with van der Waals surface area (Å²) < 4.78 is 4.70. The van der Waals surface area contributed by atoms with Crippen LogP contribution in [0.25, 0.3) is 11.2 Å². The van der Waals surface area contributed by atoms with Gasteiger partial charge in [-0.2, -0.15) is 4.98 Å². The van der Waals surface area contributed by atoms with Crippen molar-refractivity contribution < 1.29 is 0 Å². The van der Waals surface area contributed by atoms with Crippen LogP contribution in [0, 0.1) is 0 Å². The van der Waals surface area contributed by atoms with Gasteiger partial charge < -0.3 is 15.2 Å². The molecule has 5 rings (SSSR count). The smallest absolute Gasteiger partial charge is 0.332 e. The minimum atomic E-state index is -0.382. The summed E-state index contributed by atoms with van der Waals surface area (Å²) in [4.78, 5) is 39.7. The van der Waals surface area contributed by atoms with Crippen molar-refractivity contribution in [3.8, 4) is 0 Å². The third-order valence-corrected chi connectivity index (χ3v) is 7.48. The van der Waals surface area contributed by atoms with Gasteiger partial charge in [-0.1, -0.05) is 18.2 Å². The molecule has 1 fully saturated rings. The van der Waals surface area contributed by atoms with Gasteiger partial charge in [-0.25, -0.2) is 4.79 Å². The van der Waals surface area contributed by atoms with Crippen molar-refractivity contribution in [3.63, 3.8) is 0 Å². The molecule has 0 radical (unpaired) electrons. The fraction of sp³-hybridized carbons (Fsp3) is 0.478. The molecule has 1 atom stereocenters. The molecule has 1 aromatic carbocycles. The fourth-order valence-corrected chi connectivity index (χ4v) is 5.69. The lowest BCUT2D eigenvalue weighted by molar-refractivity contribution is 0.494. The maximum Gasteiger partial charge on any atom is 0.332 e. The summed E-state index contributed by atoms with van der Waals surface area (Å²) in [5, 5.41) is 0. The molecule has 0 aliphatic carbocycles. The van der Waals surface area contributed by atoms with Crippen molar-refractivity contribution in [1.82, 2.24) is 18.7 Å². The molecule has 1 unspecified atom stereocenters. The predicted octanol–water partition coefficient (Wildman–Crippen LogP) is 1.44. The van der Waals surface area contributed by atoms with E-state index in [0.29, 0.717) is 36.7 Å². The molecule has 3 aromatic rings. The number of nitrogens with two attached hydrogens (primary N) is 1. The third-order valence-electron chi connectivity index (χ3n) is 6.43. The number of imidazole rings is 1. The monoisotopic (exact) mass is 467 g/mol. The lowest BCUT2D eigenvalue weighted by Crippen LogP contribution is -2.44. The highest BCUT2D eigenvalue weighted by Crippen LogP contribution is 2.26. The van der Waals surface area contributed by atoms with Crippen LogP contribution in [0.15, 0.2) is 43.7 Å².